The van der Waals surface area contributed by atoms with Gasteiger partial charge in [-0.3, -0.25) is 4.79 Å². The molecular formula is C15H14BrNOS. The van der Waals surface area contributed by atoms with Gasteiger partial charge < -0.3 is 5.32 Å². The van der Waals surface area contributed by atoms with Gasteiger partial charge in [0.15, 0.2) is 0 Å². The van der Waals surface area contributed by atoms with E-state index in [0.717, 1.165) is 15.9 Å². The summed E-state index contributed by atoms with van der Waals surface area (Å²) in [4.78, 5) is 11.7. The molecule has 2 aromatic carbocycles. The van der Waals surface area contributed by atoms with E-state index in [2.05, 4.69) is 33.4 Å². The van der Waals surface area contributed by atoms with Gasteiger partial charge in [0.05, 0.1) is 5.75 Å². The Morgan fingerprint density at radius 3 is 2.42 bits per heavy atom. The molecule has 0 aromatic heterocycles. The zero-order valence-electron chi connectivity index (χ0n) is 10.3. The number of halogens is 1. The third kappa shape index (κ3) is 5.09. The number of nitrogens with one attached hydrogen (secondary N) is 1. The van der Waals surface area contributed by atoms with Crippen LogP contribution >= 0.6 is 27.7 Å². The molecule has 2 aromatic rings. The Balaban J connectivity index is 1.74. The van der Waals surface area contributed by atoms with Crippen molar-refractivity contribution in [2.24, 2.45) is 0 Å². The van der Waals surface area contributed by atoms with E-state index < -0.39 is 0 Å². The Labute approximate surface area is 125 Å². The molecule has 0 bridgehead atoms. The Kier molecular flexibility index (Phi) is 5.48. The number of carbonyl (C=O) groups is 1. The van der Waals surface area contributed by atoms with Crippen molar-refractivity contribution in [1.29, 1.82) is 0 Å². The van der Waals surface area contributed by atoms with Crippen molar-refractivity contribution >= 4 is 39.3 Å². The molecule has 0 heterocycles. The first-order valence-corrected chi connectivity index (χ1v) is 7.86. The van der Waals surface area contributed by atoms with Crippen molar-refractivity contribution in [3.8, 4) is 0 Å². The SMILES string of the molecule is O=C(CSCc1ccccc1)Nc1ccc(Br)cc1. The summed E-state index contributed by atoms with van der Waals surface area (Å²) >= 11 is 4.98. The minimum Gasteiger partial charge on any atom is -0.325 e. The lowest BCUT2D eigenvalue weighted by molar-refractivity contribution is -0.113. The fraction of sp³-hybridized carbons (Fsp3) is 0.133. The molecule has 0 radical (unpaired) electrons. The molecule has 1 amide bonds. The second-order valence-electron chi connectivity index (χ2n) is 4.03. The van der Waals surface area contributed by atoms with Crippen molar-refractivity contribution in [3.63, 3.8) is 0 Å². The van der Waals surface area contributed by atoms with Crippen LogP contribution in [0.25, 0.3) is 0 Å². The van der Waals surface area contributed by atoms with Crippen LogP contribution in [-0.2, 0) is 10.5 Å². The molecule has 0 atom stereocenters. The average Bonchev–Trinajstić information content (AvgIpc) is 2.43. The molecule has 0 unspecified atom stereocenters. The van der Waals surface area contributed by atoms with Gasteiger partial charge in [0.2, 0.25) is 5.91 Å². The topological polar surface area (TPSA) is 29.1 Å². The number of amides is 1. The second-order valence-corrected chi connectivity index (χ2v) is 5.93. The predicted octanol–water partition coefficient (Wildman–Crippen LogP) is 4.32. The highest BCUT2D eigenvalue weighted by Crippen LogP contribution is 2.15. The van der Waals surface area contributed by atoms with Crippen LogP contribution in [-0.4, -0.2) is 11.7 Å². The summed E-state index contributed by atoms with van der Waals surface area (Å²) in [6.45, 7) is 0. The predicted molar refractivity (Wildman–Crippen MR) is 85.4 cm³/mol. The Bertz CT molecular complexity index is 528. The molecule has 1 N–H and O–H groups in total. The van der Waals surface area contributed by atoms with Crippen molar-refractivity contribution in [3.05, 3.63) is 64.6 Å². The number of carbonyl (C=O) groups excluding carboxylic acids is 1. The number of benzene rings is 2. The summed E-state index contributed by atoms with van der Waals surface area (Å²) in [5, 5.41) is 2.87. The highest BCUT2D eigenvalue weighted by atomic mass is 79.9. The zero-order valence-corrected chi connectivity index (χ0v) is 12.7. The summed E-state index contributed by atoms with van der Waals surface area (Å²) in [6, 6.07) is 17.7. The number of rotatable bonds is 5. The van der Waals surface area contributed by atoms with E-state index in [0.29, 0.717) is 5.75 Å². The molecule has 0 aliphatic heterocycles. The molecule has 2 nitrogen and oxygen atoms in total. The second kappa shape index (κ2) is 7.36. The van der Waals surface area contributed by atoms with Crippen LogP contribution in [0.1, 0.15) is 5.56 Å². The first-order valence-electron chi connectivity index (χ1n) is 5.91. The van der Waals surface area contributed by atoms with Gasteiger partial charge in [-0.15, -0.1) is 11.8 Å². The van der Waals surface area contributed by atoms with Crippen molar-refractivity contribution in [2.45, 2.75) is 5.75 Å². The Morgan fingerprint density at radius 1 is 1.05 bits per heavy atom. The smallest absolute Gasteiger partial charge is 0.234 e. The van der Waals surface area contributed by atoms with Gasteiger partial charge in [-0.25, -0.2) is 0 Å². The third-order valence-electron chi connectivity index (χ3n) is 2.47. The minimum absolute atomic E-state index is 0.0308. The fourth-order valence-electron chi connectivity index (χ4n) is 1.57. The van der Waals surface area contributed by atoms with E-state index >= 15 is 0 Å². The van der Waals surface area contributed by atoms with Gasteiger partial charge in [0.1, 0.15) is 0 Å². The van der Waals surface area contributed by atoms with Gasteiger partial charge in [-0.05, 0) is 29.8 Å². The zero-order chi connectivity index (χ0) is 13.5. The van der Waals surface area contributed by atoms with Crippen molar-refractivity contribution in [2.75, 3.05) is 11.1 Å². The maximum atomic E-state index is 11.7. The van der Waals surface area contributed by atoms with Gasteiger partial charge >= 0.3 is 0 Å². The number of thioether (sulfide) groups is 1. The minimum atomic E-state index is 0.0308. The van der Waals surface area contributed by atoms with Crippen LogP contribution in [0.3, 0.4) is 0 Å². The first kappa shape index (κ1) is 14.2. The summed E-state index contributed by atoms with van der Waals surface area (Å²) in [5.74, 6) is 1.35. The molecule has 0 aliphatic carbocycles. The lowest BCUT2D eigenvalue weighted by Crippen LogP contribution is -2.14. The Hall–Kier alpha value is -1.26. The van der Waals surface area contributed by atoms with Crippen LogP contribution in [0.5, 0.6) is 0 Å². The largest absolute Gasteiger partial charge is 0.325 e. The molecule has 0 saturated carbocycles. The molecule has 19 heavy (non-hydrogen) atoms. The van der Waals surface area contributed by atoms with E-state index in [1.807, 2.05) is 42.5 Å². The summed E-state index contributed by atoms with van der Waals surface area (Å²) in [5.41, 5.74) is 2.07. The van der Waals surface area contributed by atoms with E-state index in [1.165, 1.54) is 5.56 Å². The van der Waals surface area contributed by atoms with E-state index in [9.17, 15) is 4.79 Å². The van der Waals surface area contributed by atoms with E-state index in [1.54, 1.807) is 11.8 Å². The van der Waals surface area contributed by atoms with Gasteiger partial charge in [-0.1, -0.05) is 46.3 Å². The highest BCUT2D eigenvalue weighted by Gasteiger charge is 2.02. The highest BCUT2D eigenvalue weighted by molar-refractivity contribution is 9.10. The number of hydrogen-bond acceptors (Lipinski definition) is 2. The quantitative estimate of drug-likeness (QED) is 0.881. The van der Waals surface area contributed by atoms with Crippen molar-refractivity contribution in [1.82, 2.24) is 0 Å². The third-order valence-corrected chi connectivity index (χ3v) is 4.01. The van der Waals surface area contributed by atoms with Gasteiger partial charge in [0.25, 0.3) is 0 Å². The molecule has 0 saturated heterocycles. The maximum Gasteiger partial charge on any atom is 0.234 e. The fourth-order valence-corrected chi connectivity index (χ4v) is 2.62. The average molecular weight is 336 g/mol. The molecule has 2 rings (SSSR count). The first-order chi connectivity index (χ1) is 9.24. The number of hydrogen-bond donors (Lipinski definition) is 1. The van der Waals surface area contributed by atoms with Crippen LogP contribution < -0.4 is 5.32 Å². The van der Waals surface area contributed by atoms with Crippen LogP contribution in [0.4, 0.5) is 5.69 Å². The molecular weight excluding hydrogens is 322 g/mol. The van der Waals surface area contributed by atoms with Gasteiger partial charge in [0, 0.05) is 15.9 Å². The molecule has 4 heteroatoms. The molecule has 98 valence electrons. The number of anilines is 1. The van der Waals surface area contributed by atoms with Gasteiger partial charge in [-0.2, -0.15) is 0 Å². The summed E-state index contributed by atoms with van der Waals surface area (Å²) < 4.78 is 1.00. The van der Waals surface area contributed by atoms with E-state index in [4.69, 9.17) is 0 Å². The van der Waals surface area contributed by atoms with Crippen molar-refractivity contribution < 1.29 is 4.79 Å². The monoisotopic (exact) mass is 335 g/mol. The lowest BCUT2D eigenvalue weighted by atomic mass is 10.2. The molecule has 0 aliphatic rings. The van der Waals surface area contributed by atoms with Crippen LogP contribution in [0, 0.1) is 0 Å². The van der Waals surface area contributed by atoms with Crippen LogP contribution in [0.2, 0.25) is 0 Å². The molecule has 0 spiro atoms. The van der Waals surface area contributed by atoms with E-state index in [-0.39, 0.29) is 5.91 Å². The molecule has 0 fully saturated rings. The standard InChI is InChI=1S/C15H14BrNOS/c16-13-6-8-14(9-7-13)17-15(18)11-19-10-12-4-2-1-3-5-12/h1-9H,10-11H2,(H,17,18). The maximum absolute atomic E-state index is 11.7. The lowest BCUT2D eigenvalue weighted by Gasteiger charge is -2.05. The summed E-state index contributed by atoms with van der Waals surface area (Å²) in [7, 11) is 0. The normalized spacial score (nSPS) is 10.2. The Morgan fingerprint density at radius 2 is 1.74 bits per heavy atom. The van der Waals surface area contributed by atoms with Crippen LogP contribution in [0.15, 0.2) is 59.1 Å². The summed E-state index contributed by atoms with van der Waals surface area (Å²) in [6.07, 6.45) is 0.